The molecule has 3 rings (SSSR count). The molecule has 1 aromatic heterocycles. The summed E-state index contributed by atoms with van der Waals surface area (Å²) in [5, 5.41) is 11.9. The van der Waals surface area contributed by atoms with Gasteiger partial charge < -0.3 is 9.88 Å². The number of rotatable bonds is 5. The van der Waals surface area contributed by atoms with Crippen molar-refractivity contribution < 1.29 is 4.79 Å². The molecule has 0 unspecified atom stereocenters. The van der Waals surface area contributed by atoms with Crippen LogP contribution in [0.25, 0.3) is 11.0 Å². The number of hydrogen-bond acceptors (Lipinski definition) is 3. The first kappa shape index (κ1) is 16.7. The number of hydrogen-bond donors (Lipinski definition) is 1. The maximum absolute atomic E-state index is 12.5. The van der Waals surface area contributed by atoms with E-state index in [1.54, 1.807) is 0 Å². The molecule has 2 aromatic carbocycles. The predicted octanol–water partition coefficient (Wildman–Crippen LogP) is 3.75. The lowest BCUT2D eigenvalue weighted by atomic mass is 10.1. The van der Waals surface area contributed by atoms with E-state index in [0.717, 1.165) is 22.4 Å². The molecule has 0 aliphatic heterocycles. The van der Waals surface area contributed by atoms with Gasteiger partial charge in [0, 0.05) is 12.1 Å². The van der Waals surface area contributed by atoms with Crippen LogP contribution in [0.3, 0.4) is 0 Å². The topological polar surface area (TPSA) is 70.7 Å². The first-order valence-corrected chi connectivity index (χ1v) is 8.30. The van der Waals surface area contributed by atoms with Crippen molar-refractivity contribution in [3.05, 3.63) is 65.5 Å². The fraction of sp³-hybridized carbons (Fsp3) is 0.250. The van der Waals surface area contributed by atoms with Crippen LogP contribution in [0.4, 0.5) is 0 Å². The van der Waals surface area contributed by atoms with E-state index < -0.39 is 0 Å². The van der Waals surface area contributed by atoms with Crippen LogP contribution >= 0.6 is 0 Å². The predicted molar refractivity (Wildman–Crippen MR) is 97.0 cm³/mol. The number of nitrogens with one attached hydrogen (secondary N) is 1. The van der Waals surface area contributed by atoms with Gasteiger partial charge in [0.2, 0.25) is 0 Å². The molecule has 0 aliphatic rings. The van der Waals surface area contributed by atoms with Crippen molar-refractivity contribution in [2.45, 2.75) is 32.9 Å². The van der Waals surface area contributed by atoms with Gasteiger partial charge in [-0.25, -0.2) is 4.98 Å². The Labute approximate surface area is 146 Å². The number of nitriles is 1. The maximum atomic E-state index is 12.5. The quantitative estimate of drug-likeness (QED) is 0.773. The average molecular weight is 332 g/mol. The summed E-state index contributed by atoms with van der Waals surface area (Å²) in [5.74, 6) is 0.628. The second kappa shape index (κ2) is 7.18. The van der Waals surface area contributed by atoms with Gasteiger partial charge in [0.15, 0.2) is 0 Å². The van der Waals surface area contributed by atoms with Crippen molar-refractivity contribution in [1.29, 1.82) is 5.26 Å². The van der Waals surface area contributed by atoms with Crippen LogP contribution in [0.15, 0.2) is 48.5 Å². The molecule has 0 saturated heterocycles. The molecule has 0 bridgehead atoms. The molecule has 5 heteroatoms. The average Bonchev–Trinajstić information content (AvgIpc) is 2.99. The van der Waals surface area contributed by atoms with Crippen LogP contribution < -0.4 is 5.32 Å². The lowest BCUT2D eigenvalue weighted by Crippen LogP contribution is -2.28. The zero-order chi connectivity index (χ0) is 17.8. The van der Waals surface area contributed by atoms with Gasteiger partial charge in [-0.05, 0) is 38.1 Å². The number of para-hydroxylation sites is 2. The number of amides is 1. The van der Waals surface area contributed by atoms with Gasteiger partial charge in [0.1, 0.15) is 5.82 Å². The molecule has 25 heavy (non-hydrogen) atoms. The summed E-state index contributed by atoms with van der Waals surface area (Å²) in [4.78, 5) is 17.1. The third-order valence-corrected chi connectivity index (χ3v) is 4.18. The number of benzene rings is 2. The van der Waals surface area contributed by atoms with Crippen molar-refractivity contribution in [3.8, 4) is 6.07 Å². The van der Waals surface area contributed by atoms with Gasteiger partial charge in [0.25, 0.3) is 5.91 Å². The van der Waals surface area contributed by atoms with E-state index in [0.29, 0.717) is 18.5 Å². The lowest BCUT2D eigenvalue weighted by molar-refractivity contribution is 0.0937. The van der Waals surface area contributed by atoms with E-state index >= 15 is 0 Å². The SMILES string of the molecule is Cc1ccc(C(=O)N[C@H](C)c2nc3ccccc3n2CCC#N)cc1. The zero-order valence-corrected chi connectivity index (χ0v) is 14.4. The highest BCUT2D eigenvalue weighted by Gasteiger charge is 2.18. The number of carbonyl (C=O) groups is 1. The molecule has 0 aliphatic carbocycles. The number of aryl methyl sites for hydroxylation is 2. The molecule has 1 atom stereocenters. The van der Waals surface area contributed by atoms with E-state index in [1.165, 1.54) is 0 Å². The summed E-state index contributed by atoms with van der Waals surface area (Å²) >= 11 is 0. The van der Waals surface area contributed by atoms with E-state index in [-0.39, 0.29) is 11.9 Å². The summed E-state index contributed by atoms with van der Waals surface area (Å²) in [6.07, 6.45) is 0.395. The van der Waals surface area contributed by atoms with Gasteiger partial charge in [-0.2, -0.15) is 5.26 Å². The molecule has 1 heterocycles. The van der Waals surface area contributed by atoms with Gasteiger partial charge >= 0.3 is 0 Å². The molecule has 0 saturated carbocycles. The summed E-state index contributed by atoms with van der Waals surface area (Å²) in [7, 11) is 0. The molecular formula is C20H20N4O. The number of nitrogens with zero attached hydrogens (tertiary/aromatic N) is 3. The number of imidazole rings is 1. The second-order valence-corrected chi connectivity index (χ2v) is 6.08. The van der Waals surface area contributed by atoms with Crippen molar-refractivity contribution in [1.82, 2.24) is 14.9 Å². The summed E-state index contributed by atoms with van der Waals surface area (Å²) < 4.78 is 2.01. The molecule has 1 N–H and O–H groups in total. The third kappa shape index (κ3) is 3.53. The molecular weight excluding hydrogens is 312 g/mol. The van der Waals surface area contributed by atoms with E-state index in [1.807, 2.05) is 66.9 Å². The monoisotopic (exact) mass is 332 g/mol. The summed E-state index contributed by atoms with van der Waals surface area (Å²) in [6, 6.07) is 17.2. The maximum Gasteiger partial charge on any atom is 0.251 e. The van der Waals surface area contributed by atoms with Crippen LogP contribution in [0.1, 0.15) is 41.1 Å². The largest absolute Gasteiger partial charge is 0.342 e. The van der Waals surface area contributed by atoms with Crippen LogP contribution in [-0.4, -0.2) is 15.5 Å². The highest BCUT2D eigenvalue weighted by Crippen LogP contribution is 2.21. The van der Waals surface area contributed by atoms with Crippen LogP contribution in [0, 0.1) is 18.3 Å². The van der Waals surface area contributed by atoms with E-state index in [4.69, 9.17) is 5.26 Å². The van der Waals surface area contributed by atoms with Crippen LogP contribution in [0.2, 0.25) is 0 Å². The highest BCUT2D eigenvalue weighted by molar-refractivity contribution is 5.94. The van der Waals surface area contributed by atoms with Crippen LogP contribution in [0.5, 0.6) is 0 Å². The highest BCUT2D eigenvalue weighted by atomic mass is 16.1. The van der Waals surface area contributed by atoms with E-state index in [2.05, 4.69) is 16.4 Å². The Hall–Kier alpha value is -3.13. The second-order valence-electron chi connectivity index (χ2n) is 6.08. The molecule has 126 valence electrons. The van der Waals surface area contributed by atoms with Crippen molar-refractivity contribution in [2.24, 2.45) is 0 Å². The molecule has 0 spiro atoms. The number of aromatic nitrogens is 2. The van der Waals surface area contributed by atoms with Crippen LogP contribution in [-0.2, 0) is 6.54 Å². The Morgan fingerprint density at radius 2 is 1.96 bits per heavy atom. The molecule has 3 aromatic rings. The van der Waals surface area contributed by atoms with Gasteiger partial charge in [-0.15, -0.1) is 0 Å². The molecule has 1 amide bonds. The normalized spacial score (nSPS) is 11.9. The first-order valence-electron chi connectivity index (χ1n) is 8.30. The lowest BCUT2D eigenvalue weighted by Gasteiger charge is -2.16. The number of fused-ring (bicyclic) bond motifs is 1. The molecule has 0 radical (unpaired) electrons. The third-order valence-electron chi connectivity index (χ3n) is 4.18. The fourth-order valence-corrected chi connectivity index (χ4v) is 2.87. The van der Waals surface area contributed by atoms with Crippen molar-refractivity contribution >= 4 is 16.9 Å². The van der Waals surface area contributed by atoms with Crippen molar-refractivity contribution in [2.75, 3.05) is 0 Å². The minimum Gasteiger partial charge on any atom is -0.342 e. The Kier molecular flexibility index (Phi) is 4.80. The van der Waals surface area contributed by atoms with Crippen molar-refractivity contribution in [3.63, 3.8) is 0 Å². The smallest absolute Gasteiger partial charge is 0.251 e. The minimum atomic E-state index is -0.264. The Morgan fingerprint density at radius 3 is 2.68 bits per heavy atom. The minimum absolute atomic E-state index is 0.133. The Bertz CT molecular complexity index is 934. The standard InChI is InChI=1S/C20H20N4O/c1-14-8-10-16(11-9-14)20(25)22-15(2)19-23-17-6-3-4-7-18(17)24(19)13-5-12-21/h3-4,6-11,15H,5,13H2,1-2H3,(H,22,25)/t15-/m1/s1. The number of carbonyl (C=O) groups excluding carboxylic acids is 1. The Balaban J connectivity index is 1.88. The van der Waals surface area contributed by atoms with E-state index in [9.17, 15) is 4.79 Å². The first-order chi connectivity index (χ1) is 12.1. The Morgan fingerprint density at radius 1 is 1.24 bits per heavy atom. The van der Waals surface area contributed by atoms with Gasteiger partial charge in [0.05, 0.1) is 29.6 Å². The summed E-state index contributed by atoms with van der Waals surface area (Å²) in [5.41, 5.74) is 3.58. The molecule has 5 nitrogen and oxygen atoms in total. The molecule has 0 fully saturated rings. The summed E-state index contributed by atoms with van der Waals surface area (Å²) in [6.45, 7) is 4.45. The van der Waals surface area contributed by atoms with Gasteiger partial charge in [-0.1, -0.05) is 29.8 Å². The zero-order valence-electron chi connectivity index (χ0n) is 14.4. The fourth-order valence-electron chi connectivity index (χ4n) is 2.87. The van der Waals surface area contributed by atoms with Gasteiger partial charge in [-0.3, -0.25) is 4.79 Å².